The van der Waals surface area contributed by atoms with Crippen LogP contribution in [0.2, 0.25) is 0 Å². The van der Waals surface area contributed by atoms with Crippen LogP contribution in [0.25, 0.3) is 0 Å². The van der Waals surface area contributed by atoms with Crippen molar-refractivity contribution in [2.75, 3.05) is 17.2 Å². The van der Waals surface area contributed by atoms with Crippen molar-refractivity contribution in [3.05, 3.63) is 82.8 Å². The number of rotatable bonds is 4. The fourth-order valence-electron chi connectivity index (χ4n) is 2.81. The molecule has 2 amide bonds. The summed E-state index contributed by atoms with van der Waals surface area (Å²) in [5.41, 5.74) is 1.75. The Bertz CT molecular complexity index is 1040. The summed E-state index contributed by atoms with van der Waals surface area (Å²) in [6, 6.07) is 21.2. The Morgan fingerprint density at radius 2 is 1.45 bits per heavy atom. The molecule has 0 fully saturated rings. The number of carbonyl (C=O) groups excluding carboxylic acids is 2. The summed E-state index contributed by atoms with van der Waals surface area (Å²) in [7, 11) is 0. The Kier molecular flexibility index (Phi) is 5.48. The van der Waals surface area contributed by atoms with E-state index in [0.717, 1.165) is 4.47 Å². The van der Waals surface area contributed by atoms with Gasteiger partial charge in [0.15, 0.2) is 11.5 Å². The Morgan fingerprint density at radius 3 is 2.17 bits per heavy atom. The third kappa shape index (κ3) is 4.57. The van der Waals surface area contributed by atoms with Gasteiger partial charge in [0.05, 0.1) is 0 Å². The second-order valence-electron chi connectivity index (χ2n) is 6.39. The maximum atomic E-state index is 12.5. The van der Waals surface area contributed by atoms with Gasteiger partial charge in [0.25, 0.3) is 11.8 Å². The van der Waals surface area contributed by atoms with Crippen molar-refractivity contribution in [3.63, 3.8) is 0 Å². The largest absolute Gasteiger partial charge is 0.485 e. The molecular formula is C22H17BrN2O4. The maximum absolute atomic E-state index is 12.5. The van der Waals surface area contributed by atoms with Crippen LogP contribution < -0.4 is 20.1 Å². The molecule has 7 heteroatoms. The number of amides is 2. The molecule has 0 spiro atoms. The molecule has 0 aliphatic carbocycles. The van der Waals surface area contributed by atoms with Crippen molar-refractivity contribution in [2.24, 2.45) is 0 Å². The highest BCUT2D eigenvalue weighted by Gasteiger charge is 2.27. The molecule has 0 saturated heterocycles. The number of para-hydroxylation sites is 2. The number of benzene rings is 3. The van der Waals surface area contributed by atoms with E-state index in [1.165, 1.54) is 0 Å². The van der Waals surface area contributed by atoms with Gasteiger partial charge in [-0.15, -0.1) is 0 Å². The quantitative estimate of drug-likeness (QED) is 0.611. The summed E-state index contributed by atoms with van der Waals surface area (Å²) in [6.07, 6.45) is -0.745. The summed E-state index contributed by atoms with van der Waals surface area (Å²) >= 11 is 3.36. The lowest BCUT2D eigenvalue weighted by atomic mass is 10.2. The van der Waals surface area contributed by atoms with E-state index in [0.29, 0.717) is 28.4 Å². The Balaban J connectivity index is 1.36. The lowest BCUT2D eigenvalue weighted by Crippen LogP contribution is -2.40. The van der Waals surface area contributed by atoms with Gasteiger partial charge in [0.1, 0.15) is 6.61 Å². The van der Waals surface area contributed by atoms with Crippen molar-refractivity contribution >= 4 is 39.1 Å². The molecule has 1 aliphatic heterocycles. The van der Waals surface area contributed by atoms with Crippen molar-refractivity contribution in [2.45, 2.75) is 6.10 Å². The Labute approximate surface area is 176 Å². The molecule has 0 radical (unpaired) electrons. The lowest BCUT2D eigenvalue weighted by molar-refractivity contribution is -0.125. The number of halogens is 1. The fraction of sp³-hybridized carbons (Fsp3) is 0.0909. The lowest BCUT2D eigenvalue weighted by Gasteiger charge is -2.25. The predicted octanol–water partition coefficient (Wildman–Crippen LogP) is 4.48. The van der Waals surface area contributed by atoms with Crippen molar-refractivity contribution in [1.29, 1.82) is 0 Å². The number of ether oxygens (including phenoxy) is 2. The second-order valence-corrected chi connectivity index (χ2v) is 7.31. The van der Waals surface area contributed by atoms with E-state index in [4.69, 9.17) is 9.47 Å². The first-order valence-corrected chi connectivity index (χ1v) is 9.74. The molecule has 2 N–H and O–H groups in total. The fourth-order valence-corrected chi connectivity index (χ4v) is 3.08. The van der Waals surface area contributed by atoms with Gasteiger partial charge in [-0.2, -0.15) is 0 Å². The molecule has 0 aromatic heterocycles. The number of hydrogen-bond acceptors (Lipinski definition) is 4. The average Bonchev–Trinajstić information content (AvgIpc) is 2.75. The standard InChI is InChI=1S/C22H17BrN2O4/c23-15-7-11-17(12-8-15)24-21(26)14-5-9-16(10-6-14)25-22(27)20-13-28-18-3-1-2-4-19(18)29-20/h1-12,20H,13H2,(H,24,26)(H,25,27)/t20-/m0/s1. The van der Waals surface area contributed by atoms with E-state index in [2.05, 4.69) is 26.6 Å². The first-order valence-electron chi connectivity index (χ1n) is 8.95. The van der Waals surface area contributed by atoms with E-state index >= 15 is 0 Å². The third-order valence-electron chi connectivity index (χ3n) is 4.32. The SMILES string of the molecule is O=C(Nc1ccc(Br)cc1)c1ccc(NC(=O)[C@@H]2COc3ccccc3O2)cc1. The molecule has 146 valence electrons. The minimum atomic E-state index is -0.745. The summed E-state index contributed by atoms with van der Waals surface area (Å²) in [5, 5.41) is 5.61. The number of anilines is 2. The molecule has 1 atom stereocenters. The molecular weight excluding hydrogens is 436 g/mol. The van der Waals surface area contributed by atoms with E-state index in [9.17, 15) is 9.59 Å². The van der Waals surface area contributed by atoms with E-state index < -0.39 is 6.10 Å². The van der Waals surface area contributed by atoms with Crippen LogP contribution in [0.3, 0.4) is 0 Å². The molecule has 0 bridgehead atoms. The van der Waals surface area contributed by atoms with Gasteiger partial charge in [0.2, 0.25) is 6.10 Å². The van der Waals surface area contributed by atoms with Crippen LogP contribution in [0, 0.1) is 0 Å². The molecule has 1 heterocycles. The zero-order chi connectivity index (χ0) is 20.2. The molecule has 4 rings (SSSR count). The minimum absolute atomic E-state index is 0.135. The first-order chi connectivity index (χ1) is 14.1. The second kappa shape index (κ2) is 8.36. The van der Waals surface area contributed by atoms with Gasteiger partial charge in [-0.3, -0.25) is 9.59 Å². The maximum Gasteiger partial charge on any atom is 0.269 e. The zero-order valence-corrected chi connectivity index (χ0v) is 16.8. The smallest absolute Gasteiger partial charge is 0.269 e. The third-order valence-corrected chi connectivity index (χ3v) is 4.85. The Morgan fingerprint density at radius 1 is 0.828 bits per heavy atom. The number of fused-ring (bicyclic) bond motifs is 1. The summed E-state index contributed by atoms with van der Waals surface area (Å²) in [6.45, 7) is 0.135. The van der Waals surface area contributed by atoms with Gasteiger partial charge in [0, 0.05) is 21.4 Å². The van der Waals surface area contributed by atoms with E-state index in [1.54, 1.807) is 48.5 Å². The van der Waals surface area contributed by atoms with Crippen LogP contribution in [-0.4, -0.2) is 24.5 Å². The van der Waals surface area contributed by atoms with Crippen LogP contribution in [0.4, 0.5) is 11.4 Å². The molecule has 3 aromatic rings. The zero-order valence-electron chi connectivity index (χ0n) is 15.2. The van der Waals surface area contributed by atoms with Gasteiger partial charge in [-0.25, -0.2) is 0 Å². The summed E-state index contributed by atoms with van der Waals surface area (Å²) < 4.78 is 12.2. The number of hydrogen-bond donors (Lipinski definition) is 2. The summed E-state index contributed by atoms with van der Waals surface area (Å²) in [4.78, 5) is 24.8. The molecule has 29 heavy (non-hydrogen) atoms. The number of carbonyl (C=O) groups is 2. The van der Waals surface area contributed by atoms with Crippen molar-refractivity contribution < 1.29 is 19.1 Å². The molecule has 0 saturated carbocycles. The summed E-state index contributed by atoms with van der Waals surface area (Å²) in [5.74, 6) is 0.619. The van der Waals surface area contributed by atoms with Gasteiger partial charge >= 0.3 is 0 Å². The van der Waals surface area contributed by atoms with Crippen LogP contribution >= 0.6 is 15.9 Å². The van der Waals surface area contributed by atoms with E-state index in [-0.39, 0.29) is 18.4 Å². The number of nitrogens with one attached hydrogen (secondary N) is 2. The van der Waals surface area contributed by atoms with Crippen molar-refractivity contribution in [3.8, 4) is 11.5 Å². The van der Waals surface area contributed by atoms with Crippen LogP contribution in [0.15, 0.2) is 77.3 Å². The van der Waals surface area contributed by atoms with Gasteiger partial charge < -0.3 is 20.1 Å². The highest BCUT2D eigenvalue weighted by molar-refractivity contribution is 9.10. The Hall–Kier alpha value is -3.32. The average molecular weight is 453 g/mol. The molecule has 1 aliphatic rings. The predicted molar refractivity (Wildman–Crippen MR) is 114 cm³/mol. The first kappa shape index (κ1) is 19.0. The molecule has 6 nitrogen and oxygen atoms in total. The molecule has 0 unspecified atom stereocenters. The van der Waals surface area contributed by atoms with E-state index in [1.807, 2.05) is 24.3 Å². The van der Waals surface area contributed by atoms with Crippen LogP contribution in [-0.2, 0) is 4.79 Å². The minimum Gasteiger partial charge on any atom is -0.485 e. The van der Waals surface area contributed by atoms with Gasteiger partial charge in [-0.1, -0.05) is 28.1 Å². The van der Waals surface area contributed by atoms with Crippen LogP contribution in [0.5, 0.6) is 11.5 Å². The van der Waals surface area contributed by atoms with Crippen molar-refractivity contribution in [1.82, 2.24) is 0 Å². The molecule has 3 aromatic carbocycles. The van der Waals surface area contributed by atoms with Crippen LogP contribution in [0.1, 0.15) is 10.4 Å². The highest BCUT2D eigenvalue weighted by atomic mass is 79.9. The van der Waals surface area contributed by atoms with Gasteiger partial charge in [-0.05, 0) is 60.7 Å². The highest BCUT2D eigenvalue weighted by Crippen LogP contribution is 2.31. The topological polar surface area (TPSA) is 76.7 Å². The monoisotopic (exact) mass is 452 g/mol. The normalized spacial score (nSPS) is 14.7.